The molecule has 0 spiro atoms. The molecule has 4 nitrogen and oxygen atoms in total. The lowest BCUT2D eigenvalue weighted by molar-refractivity contribution is 0.214. The Morgan fingerprint density at radius 2 is 1.95 bits per heavy atom. The van der Waals surface area contributed by atoms with Crippen molar-refractivity contribution in [2.24, 2.45) is 12.8 Å². The van der Waals surface area contributed by atoms with E-state index in [0.717, 1.165) is 17.7 Å². The van der Waals surface area contributed by atoms with Crippen LogP contribution in [0.1, 0.15) is 43.4 Å². The number of rotatable bonds is 6. The lowest BCUT2D eigenvalue weighted by Gasteiger charge is -2.17. The van der Waals surface area contributed by atoms with Gasteiger partial charge in [0.2, 0.25) is 0 Å². The van der Waals surface area contributed by atoms with Gasteiger partial charge in [0.25, 0.3) is 0 Å². The van der Waals surface area contributed by atoms with E-state index in [2.05, 4.69) is 31.1 Å². The summed E-state index contributed by atoms with van der Waals surface area (Å²) in [6, 6.07) is 8.28. The van der Waals surface area contributed by atoms with Gasteiger partial charge in [0.15, 0.2) is 0 Å². The molecule has 108 valence electrons. The van der Waals surface area contributed by atoms with Gasteiger partial charge in [-0.2, -0.15) is 5.10 Å². The van der Waals surface area contributed by atoms with E-state index in [4.69, 9.17) is 10.5 Å². The molecular formula is C16H23N3O. The average Bonchev–Trinajstić information content (AvgIpc) is 2.91. The highest BCUT2D eigenvalue weighted by Crippen LogP contribution is 2.24. The first kappa shape index (κ1) is 14.6. The summed E-state index contributed by atoms with van der Waals surface area (Å²) in [5, 5.41) is 4.16. The minimum atomic E-state index is -0.154. The summed E-state index contributed by atoms with van der Waals surface area (Å²) in [4.78, 5) is 0. The summed E-state index contributed by atoms with van der Waals surface area (Å²) >= 11 is 0. The van der Waals surface area contributed by atoms with Crippen molar-refractivity contribution in [3.05, 3.63) is 47.8 Å². The summed E-state index contributed by atoms with van der Waals surface area (Å²) in [6.45, 7) is 4.86. The van der Waals surface area contributed by atoms with Crippen LogP contribution in [0.5, 0.6) is 5.75 Å². The first-order valence-corrected chi connectivity index (χ1v) is 7.09. The van der Waals surface area contributed by atoms with Crippen LogP contribution in [0.3, 0.4) is 0 Å². The highest BCUT2D eigenvalue weighted by atomic mass is 16.5. The number of aryl methyl sites for hydroxylation is 1. The Labute approximate surface area is 120 Å². The molecule has 0 amide bonds. The van der Waals surface area contributed by atoms with Crippen LogP contribution in [0.4, 0.5) is 0 Å². The molecule has 0 saturated heterocycles. The Morgan fingerprint density at radius 3 is 2.45 bits per heavy atom. The van der Waals surface area contributed by atoms with E-state index in [-0.39, 0.29) is 6.10 Å². The maximum absolute atomic E-state index is 5.95. The second-order valence-electron chi connectivity index (χ2n) is 5.17. The van der Waals surface area contributed by atoms with Gasteiger partial charge in [-0.15, -0.1) is 0 Å². The summed E-state index contributed by atoms with van der Waals surface area (Å²) < 4.78 is 7.71. The highest BCUT2D eigenvalue weighted by molar-refractivity contribution is 5.30. The predicted octanol–water partition coefficient (Wildman–Crippen LogP) is 3.01. The summed E-state index contributed by atoms with van der Waals surface area (Å²) in [6.07, 6.45) is 4.72. The van der Waals surface area contributed by atoms with Crippen molar-refractivity contribution in [1.82, 2.24) is 9.78 Å². The smallest absolute Gasteiger partial charge is 0.139 e. The molecule has 0 bridgehead atoms. The van der Waals surface area contributed by atoms with Crippen molar-refractivity contribution < 1.29 is 4.74 Å². The molecule has 1 aromatic carbocycles. The third-order valence-corrected chi connectivity index (χ3v) is 3.65. The molecular weight excluding hydrogens is 250 g/mol. The number of aromatic nitrogens is 2. The molecule has 0 fully saturated rings. The first-order chi connectivity index (χ1) is 9.63. The predicted molar refractivity (Wildman–Crippen MR) is 80.8 cm³/mol. The van der Waals surface area contributed by atoms with Crippen LogP contribution in [0.2, 0.25) is 0 Å². The fourth-order valence-electron chi connectivity index (χ4n) is 2.13. The molecule has 2 rings (SSSR count). The molecule has 2 atom stereocenters. The lowest BCUT2D eigenvalue weighted by Crippen LogP contribution is -2.18. The Kier molecular flexibility index (Phi) is 4.79. The molecule has 0 aliphatic heterocycles. The molecule has 20 heavy (non-hydrogen) atoms. The number of hydrogen-bond donors (Lipinski definition) is 1. The fourth-order valence-corrected chi connectivity index (χ4v) is 2.13. The summed E-state index contributed by atoms with van der Waals surface area (Å²) in [5.41, 5.74) is 8.14. The minimum Gasteiger partial charge on any atom is -0.484 e. The Bertz CT molecular complexity index is 533. The van der Waals surface area contributed by atoms with E-state index in [0.29, 0.717) is 12.5 Å². The fraction of sp³-hybridized carbons (Fsp3) is 0.438. The molecule has 0 saturated carbocycles. The van der Waals surface area contributed by atoms with Crippen molar-refractivity contribution in [1.29, 1.82) is 0 Å². The quantitative estimate of drug-likeness (QED) is 0.880. The molecule has 2 unspecified atom stereocenters. The number of benzene rings is 1. The van der Waals surface area contributed by atoms with Crippen molar-refractivity contribution >= 4 is 0 Å². The van der Waals surface area contributed by atoms with Gasteiger partial charge in [-0.25, -0.2) is 0 Å². The Balaban J connectivity index is 2.08. The molecule has 2 aromatic rings. The molecule has 1 aromatic heterocycles. The van der Waals surface area contributed by atoms with Crippen LogP contribution in [-0.2, 0) is 7.05 Å². The van der Waals surface area contributed by atoms with Gasteiger partial charge >= 0.3 is 0 Å². The van der Waals surface area contributed by atoms with E-state index in [1.165, 1.54) is 5.56 Å². The van der Waals surface area contributed by atoms with Crippen LogP contribution in [0.25, 0.3) is 0 Å². The summed E-state index contributed by atoms with van der Waals surface area (Å²) in [7, 11) is 1.89. The standard InChI is InChI=1S/C16H23N3O/c1-4-12(2)13-5-7-15(8-6-13)20-16(9-17)14-10-18-19(3)11-14/h5-8,10-12,16H,4,9,17H2,1-3H3. The van der Waals surface area contributed by atoms with Crippen LogP contribution in [0.15, 0.2) is 36.7 Å². The van der Waals surface area contributed by atoms with Crippen LogP contribution in [0, 0.1) is 0 Å². The van der Waals surface area contributed by atoms with Gasteiger partial charge in [-0.1, -0.05) is 26.0 Å². The maximum atomic E-state index is 5.95. The minimum absolute atomic E-state index is 0.154. The van der Waals surface area contributed by atoms with Gasteiger partial charge in [0.05, 0.1) is 6.20 Å². The Morgan fingerprint density at radius 1 is 1.25 bits per heavy atom. The third kappa shape index (κ3) is 3.39. The van der Waals surface area contributed by atoms with E-state index in [1.807, 2.05) is 25.4 Å². The van der Waals surface area contributed by atoms with Gasteiger partial charge in [-0.05, 0) is 30.0 Å². The zero-order valence-electron chi connectivity index (χ0n) is 12.4. The van der Waals surface area contributed by atoms with E-state index in [9.17, 15) is 0 Å². The van der Waals surface area contributed by atoms with Gasteiger partial charge in [0, 0.05) is 25.4 Å². The SMILES string of the molecule is CCC(C)c1ccc(OC(CN)c2cnn(C)c2)cc1. The van der Waals surface area contributed by atoms with Crippen molar-refractivity contribution in [3.63, 3.8) is 0 Å². The topological polar surface area (TPSA) is 53.1 Å². The third-order valence-electron chi connectivity index (χ3n) is 3.65. The molecule has 1 heterocycles. The Hall–Kier alpha value is -1.81. The molecule has 2 N–H and O–H groups in total. The van der Waals surface area contributed by atoms with Crippen molar-refractivity contribution in [2.75, 3.05) is 6.54 Å². The zero-order chi connectivity index (χ0) is 14.5. The number of hydrogen-bond acceptors (Lipinski definition) is 3. The maximum Gasteiger partial charge on any atom is 0.139 e. The van der Waals surface area contributed by atoms with Gasteiger partial charge in [0.1, 0.15) is 11.9 Å². The van der Waals surface area contributed by atoms with Crippen molar-refractivity contribution in [3.8, 4) is 5.75 Å². The van der Waals surface area contributed by atoms with E-state index >= 15 is 0 Å². The van der Waals surface area contributed by atoms with Crippen LogP contribution < -0.4 is 10.5 Å². The molecule has 4 heteroatoms. The largest absolute Gasteiger partial charge is 0.484 e. The second-order valence-corrected chi connectivity index (χ2v) is 5.17. The van der Waals surface area contributed by atoms with Gasteiger partial charge < -0.3 is 10.5 Å². The van der Waals surface area contributed by atoms with Crippen LogP contribution >= 0.6 is 0 Å². The number of ether oxygens (including phenoxy) is 1. The number of nitrogens with zero attached hydrogens (tertiary/aromatic N) is 2. The molecule has 0 aliphatic carbocycles. The average molecular weight is 273 g/mol. The monoisotopic (exact) mass is 273 g/mol. The normalized spacial score (nSPS) is 14.0. The van der Waals surface area contributed by atoms with Crippen molar-refractivity contribution in [2.45, 2.75) is 32.3 Å². The first-order valence-electron chi connectivity index (χ1n) is 7.09. The zero-order valence-corrected chi connectivity index (χ0v) is 12.4. The second kappa shape index (κ2) is 6.57. The highest BCUT2D eigenvalue weighted by Gasteiger charge is 2.13. The molecule has 0 radical (unpaired) electrons. The van der Waals surface area contributed by atoms with E-state index in [1.54, 1.807) is 10.9 Å². The molecule has 0 aliphatic rings. The summed E-state index contributed by atoms with van der Waals surface area (Å²) in [5.74, 6) is 1.42. The van der Waals surface area contributed by atoms with Crippen LogP contribution in [-0.4, -0.2) is 16.3 Å². The van der Waals surface area contributed by atoms with Gasteiger partial charge in [-0.3, -0.25) is 4.68 Å². The van der Waals surface area contributed by atoms with E-state index < -0.39 is 0 Å². The number of nitrogens with two attached hydrogens (primary N) is 1. The lowest BCUT2D eigenvalue weighted by atomic mass is 9.99.